The van der Waals surface area contributed by atoms with Crippen LogP contribution in [0.15, 0.2) is 12.1 Å². The molecule has 17 heavy (non-hydrogen) atoms. The first-order valence-electron chi connectivity index (χ1n) is 6.23. The van der Waals surface area contributed by atoms with Gasteiger partial charge in [0.05, 0.1) is 6.54 Å². The van der Waals surface area contributed by atoms with Gasteiger partial charge < -0.3 is 11.1 Å². The molecule has 1 aliphatic carbocycles. The average Bonchev–Trinajstić information content (AvgIpc) is 2.86. The summed E-state index contributed by atoms with van der Waals surface area (Å²) in [6, 6.07) is 4.38. The Morgan fingerprint density at radius 1 is 1.53 bits per heavy atom. The van der Waals surface area contributed by atoms with Crippen molar-refractivity contribution in [3.8, 4) is 0 Å². The Labute approximate surface area is 106 Å². The van der Waals surface area contributed by atoms with Crippen LogP contribution in [0.5, 0.6) is 0 Å². The Morgan fingerprint density at radius 2 is 2.35 bits per heavy atom. The van der Waals surface area contributed by atoms with Crippen LogP contribution in [-0.4, -0.2) is 11.9 Å². The zero-order chi connectivity index (χ0) is 12.3. The zero-order valence-corrected chi connectivity index (χ0v) is 11.1. The van der Waals surface area contributed by atoms with Gasteiger partial charge in [-0.1, -0.05) is 6.42 Å². The van der Waals surface area contributed by atoms with E-state index in [9.17, 15) is 4.79 Å². The summed E-state index contributed by atoms with van der Waals surface area (Å²) in [6.45, 7) is 2.73. The van der Waals surface area contributed by atoms with Gasteiger partial charge in [0.15, 0.2) is 0 Å². The minimum atomic E-state index is 0.137. The highest BCUT2D eigenvalue weighted by Crippen LogP contribution is 2.26. The van der Waals surface area contributed by atoms with Crippen molar-refractivity contribution in [2.45, 2.75) is 45.2 Å². The summed E-state index contributed by atoms with van der Waals surface area (Å²) >= 11 is 1.73. The maximum atomic E-state index is 11.8. The third kappa shape index (κ3) is 3.54. The smallest absolute Gasteiger partial charge is 0.220 e. The molecule has 1 amide bonds. The molecular weight excluding hydrogens is 232 g/mol. The van der Waals surface area contributed by atoms with Gasteiger partial charge in [-0.25, -0.2) is 0 Å². The summed E-state index contributed by atoms with van der Waals surface area (Å²) in [4.78, 5) is 14.3. The zero-order valence-electron chi connectivity index (χ0n) is 10.2. The molecule has 0 aliphatic heterocycles. The molecule has 3 N–H and O–H groups in total. The Kier molecular flexibility index (Phi) is 4.18. The highest BCUT2D eigenvalue weighted by Gasteiger charge is 2.25. The molecule has 0 aromatic carbocycles. The molecule has 0 saturated heterocycles. The van der Waals surface area contributed by atoms with Crippen molar-refractivity contribution >= 4 is 17.2 Å². The van der Waals surface area contributed by atoms with Crippen LogP contribution in [0.25, 0.3) is 0 Å². The maximum absolute atomic E-state index is 11.8. The quantitative estimate of drug-likeness (QED) is 0.863. The van der Waals surface area contributed by atoms with Crippen LogP contribution in [0.2, 0.25) is 0 Å². The Morgan fingerprint density at radius 3 is 2.94 bits per heavy atom. The van der Waals surface area contributed by atoms with E-state index in [0.717, 1.165) is 12.8 Å². The molecule has 1 fully saturated rings. The maximum Gasteiger partial charge on any atom is 0.220 e. The first kappa shape index (κ1) is 12.6. The average molecular weight is 252 g/mol. The SMILES string of the molecule is Cc1ccc(CNC(=O)C[C@@H]2CCC[C@H]2N)s1. The van der Waals surface area contributed by atoms with Gasteiger partial charge >= 0.3 is 0 Å². The van der Waals surface area contributed by atoms with E-state index in [2.05, 4.69) is 24.4 Å². The summed E-state index contributed by atoms with van der Waals surface area (Å²) in [5.41, 5.74) is 5.96. The van der Waals surface area contributed by atoms with Crippen molar-refractivity contribution in [3.05, 3.63) is 21.9 Å². The standard InChI is InChI=1S/C13H20N2OS/c1-9-5-6-11(17-9)8-15-13(16)7-10-3-2-4-12(10)14/h5-6,10,12H,2-4,7-8,14H2,1H3,(H,15,16)/t10-,12+/m0/s1. The lowest BCUT2D eigenvalue weighted by Crippen LogP contribution is -2.31. The van der Waals surface area contributed by atoms with E-state index in [1.54, 1.807) is 11.3 Å². The molecule has 4 heteroatoms. The predicted molar refractivity (Wildman–Crippen MR) is 70.8 cm³/mol. The topological polar surface area (TPSA) is 55.1 Å². The van der Waals surface area contributed by atoms with Crippen molar-refractivity contribution in [1.82, 2.24) is 5.32 Å². The molecule has 0 radical (unpaired) electrons. The lowest BCUT2D eigenvalue weighted by Gasteiger charge is -2.14. The summed E-state index contributed by atoms with van der Waals surface area (Å²) in [6.07, 6.45) is 3.93. The van der Waals surface area contributed by atoms with Crippen LogP contribution in [0.4, 0.5) is 0 Å². The number of rotatable bonds is 4. The predicted octanol–water partition coefficient (Wildman–Crippen LogP) is 2.19. The van der Waals surface area contributed by atoms with Crippen molar-refractivity contribution in [3.63, 3.8) is 0 Å². The number of carbonyl (C=O) groups excluding carboxylic acids is 1. The Balaban J connectivity index is 1.74. The van der Waals surface area contributed by atoms with E-state index in [0.29, 0.717) is 18.9 Å². The number of hydrogen-bond acceptors (Lipinski definition) is 3. The van der Waals surface area contributed by atoms with E-state index >= 15 is 0 Å². The molecule has 2 atom stereocenters. The van der Waals surface area contributed by atoms with E-state index in [1.165, 1.54) is 16.2 Å². The van der Waals surface area contributed by atoms with Gasteiger partial charge in [-0.05, 0) is 37.8 Å². The first-order valence-corrected chi connectivity index (χ1v) is 7.04. The minimum Gasteiger partial charge on any atom is -0.351 e. The fourth-order valence-corrected chi connectivity index (χ4v) is 3.23. The number of nitrogens with two attached hydrogens (primary N) is 1. The third-order valence-corrected chi connectivity index (χ3v) is 4.42. The molecule has 2 rings (SSSR count). The molecule has 1 aliphatic rings. The second-order valence-corrected chi connectivity index (χ2v) is 6.22. The summed E-state index contributed by atoms with van der Waals surface area (Å²) in [5.74, 6) is 0.526. The monoisotopic (exact) mass is 252 g/mol. The number of hydrogen-bond donors (Lipinski definition) is 2. The van der Waals surface area contributed by atoms with E-state index < -0.39 is 0 Å². The van der Waals surface area contributed by atoms with Crippen LogP contribution in [0.1, 0.15) is 35.4 Å². The Hall–Kier alpha value is -0.870. The van der Waals surface area contributed by atoms with Gasteiger partial charge in [-0.2, -0.15) is 0 Å². The molecule has 1 saturated carbocycles. The molecular formula is C13H20N2OS. The highest BCUT2D eigenvalue weighted by atomic mass is 32.1. The summed E-state index contributed by atoms with van der Waals surface area (Å²) in [7, 11) is 0. The van der Waals surface area contributed by atoms with Gasteiger partial charge in [0.25, 0.3) is 0 Å². The number of thiophene rings is 1. The lowest BCUT2D eigenvalue weighted by molar-refractivity contribution is -0.122. The van der Waals surface area contributed by atoms with Gasteiger partial charge in [0.1, 0.15) is 0 Å². The van der Waals surface area contributed by atoms with Crippen molar-refractivity contribution in [2.75, 3.05) is 0 Å². The molecule has 94 valence electrons. The van der Waals surface area contributed by atoms with E-state index in [4.69, 9.17) is 5.73 Å². The van der Waals surface area contributed by atoms with Crippen molar-refractivity contribution in [2.24, 2.45) is 11.7 Å². The molecule has 1 aromatic heterocycles. The van der Waals surface area contributed by atoms with E-state index in [1.807, 2.05) is 0 Å². The normalized spacial score (nSPS) is 23.9. The van der Waals surface area contributed by atoms with Gasteiger partial charge in [-0.3, -0.25) is 4.79 Å². The van der Waals surface area contributed by atoms with Crippen LogP contribution in [-0.2, 0) is 11.3 Å². The largest absolute Gasteiger partial charge is 0.351 e. The van der Waals surface area contributed by atoms with Crippen molar-refractivity contribution < 1.29 is 4.79 Å². The minimum absolute atomic E-state index is 0.137. The summed E-state index contributed by atoms with van der Waals surface area (Å²) in [5, 5.41) is 2.98. The second kappa shape index (κ2) is 5.65. The lowest BCUT2D eigenvalue weighted by atomic mass is 10.00. The number of aryl methyl sites for hydroxylation is 1. The van der Waals surface area contributed by atoms with Crippen LogP contribution in [0.3, 0.4) is 0 Å². The van der Waals surface area contributed by atoms with Crippen LogP contribution < -0.4 is 11.1 Å². The van der Waals surface area contributed by atoms with Gasteiger partial charge in [-0.15, -0.1) is 11.3 Å². The van der Waals surface area contributed by atoms with Gasteiger partial charge in [0.2, 0.25) is 5.91 Å². The number of nitrogens with one attached hydrogen (secondary N) is 1. The molecule has 1 heterocycles. The fraction of sp³-hybridized carbons (Fsp3) is 0.615. The molecule has 0 unspecified atom stereocenters. The van der Waals surface area contributed by atoms with Crippen molar-refractivity contribution in [1.29, 1.82) is 0 Å². The number of carbonyl (C=O) groups is 1. The van der Waals surface area contributed by atoms with E-state index in [-0.39, 0.29) is 11.9 Å². The number of amides is 1. The first-order chi connectivity index (χ1) is 8.15. The Bertz CT molecular complexity index is 389. The molecule has 1 aromatic rings. The fourth-order valence-electron chi connectivity index (χ4n) is 2.40. The second-order valence-electron chi connectivity index (χ2n) is 4.85. The highest BCUT2D eigenvalue weighted by molar-refractivity contribution is 7.11. The van der Waals surface area contributed by atoms with Gasteiger partial charge in [0, 0.05) is 22.2 Å². The summed E-state index contributed by atoms with van der Waals surface area (Å²) < 4.78 is 0. The third-order valence-electron chi connectivity index (χ3n) is 3.42. The van der Waals surface area contributed by atoms with Crippen LogP contribution in [0, 0.1) is 12.8 Å². The van der Waals surface area contributed by atoms with Crippen LogP contribution >= 0.6 is 11.3 Å². The molecule has 0 bridgehead atoms. The molecule has 3 nitrogen and oxygen atoms in total. The molecule has 0 spiro atoms.